The second-order valence-corrected chi connectivity index (χ2v) is 6.10. The van der Waals surface area contributed by atoms with Gasteiger partial charge in [0.1, 0.15) is 0 Å². The molecule has 1 amide bonds. The Hall–Kier alpha value is -0.810. The maximum absolute atomic E-state index is 11.4. The van der Waals surface area contributed by atoms with Gasteiger partial charge in [-0.15, -0.1) is 0 Å². The smallest absolute Gasteiger partial charge is 0.407 e. The van der Waals surface area contributed by atoms with Gasteiger partial charge in [0.2, 0.25) is 0 Å². The molecule has 5 heteroatoms. The van der Waals surface area contributed by atoms with Crippen molar-refractivity contribution < 1.29 is 14.6 Å². The van der Waals surface area contributed by atoms with Gasteiger partial charge in [0.15, 0.2) is 0 Å². The van der Waals surface area contributed by atoms with Gasteiger partial charge < -0.3 is 15.2 Å². The van der Waals surface area contributed by atoms with Gasteiger partial charge in [-0.2, -0.15) is 0 Å². The summed E-state index contributed by atoms with van der Waals surface area (Å²) in [5.41, 5.74) is 0. The number of hydrogen-bond donors (Lipinski definition) is 2. The molecule has 19 heavy (non-hydrogen) atoms. The summed E-state index contributed by atoms with van der Waals surface area (Å²) in [6.07, 6.45) is 2.73. The van der Waals surface area contributed by atoms with Gasteiger partial charge in [0.25, 0.3) is 0 Å². The molecule has 1 aliphatic carbocycles. The number of nitrogens with zero attached hydrogens (tertiary/aromatic N) is 1. The van der Waals surface area contributed by atoms with Crippen LogP contribution in [0.15, 0.2) is 0 Å². The lowest BCUT2D eigenvalue weighted by molar-refractivity contribution is 0.0277. The molecule has 0 radical (unpaired) electrons. The van der Waals surface area contributed by atoms with Crippen LogP contribution in [0.1, 0.15) is 33.1 Å². The Morgan fingerprint density at radius 2 is 2.00 bits per heavy atom. The Kier molecular flexibility index (Phi) is 4.68. The number of rotatable bonds is 4. The van der Waals surface area contributed by atoms with Gasteiger partial charge in [-0.3, -0.25) is 4.90 Å². The summed E-state index contributed by atoms with van der Waals surface area (Å²) >= 11 is 0. The van der Waals surface area contributed by atoms with Gasteiger partial charge in [-0.1, -0.05) is 0 Å². The summed E-state index contributed by atoms with van der Waals surface area (Å²) in [4.78, 5) is 13.8. The minimum atomic E-state index is -0.379. The number of likely N-dealkylation sites (tertiary alicyclic amines) is 1. The number of ether oxygens (including phenoxy) is 1. The van der Waals surface area contributed by atoms with Crippen LogP contribution in [0, 0.1) is 11.8 Å². The number of piperidine rings is 1. The summed E-state index contributed by atoms with van der Waals surface area (Å²) in [5.74, 6) is 1.02. The maximum atomic E-state index is 11.4. The zero-order chi connectivity index (χ0) is 14.0. The van der Waals surface area contributed by atoms with E-state index in [2.05, 4.69) is 21.9 Å². The third kappa shape index (κ3) is 3.83. The Bertz CT molecular complexity index is 318. The monoisotopic (exact) mass is 270 g/mol. The highest BCUT2D eigenvalue weighted by Crippen LogP contribution is 2.36. The molecule has 2 N–H and O–H groups in total. The van der Waals surface area contributed by atoms with E-state index in [0.29, 0.717) is 6.04 Å². The van der Waals surface area contributed by atoms with Crippen LogP contribution in [-0.2, 0) is 4.74 Å². The lowest BCUT2D eigenvalue weighted by Gasteiger charge is -2.42. The summed E-state index contributed by atoms with van der Waals surface area (Å²) < 4.78 is 4.67. The largest absolute Gasteiger partial charge is 0.453 e. The van der Waals surface area contributed by atoms with E-state index in [4.69, 9.17) is 0 Å². The van der Waals surface area contributed by atoms with Gasteiger partial charge in [0, 0.05) is 25.2 Å². The van der Waals surface area contributed by atoms with Crippen LogP contribution in [0.3, 0.4) is 0 Å². The van der Waals surface area contributed by atoms with E-state index in [1.54, 1.807) is 0 Å². The standard InChI is InChI=1S/C14H26N2O3/c1-9(11-4-5-11)16-7-12(10(2)17)6-13(8-16)15-14(18)19-3/h9-13,17H,4-8H2,1-3H3,(H,15,18). The minimum Gasteiger partial charge on any atom is -0.453 e. The van der Waals surface area contributed by atoms with Crippen molar-refractivity contribution >= 4 is 6.09 Å². The van der Waals surface area contributed by atoms with Crippen LogP contribution in [0.5, 0.6) is 0 Å². The van der Waals surface area contributed by atoms with E-state index in [1.165, 1.54) is 20.0 Å². The van der Waals surface area contributed by atoms with Crippen LogP contribution in [0.25, 0.3) is 0 Å². The average Bonchev–Trinajstić information content (AvgIpc) is 3.21. The van der Waals surface area contributed by atoms with Crippen molar-refractivity contribution in [1.29, 1.82) is 0 Å². The molecule has 0 aromatic rings. The molecule has 0 aromatic carbocycles. The highest BCUT2D eigenvalue weighted by molar-refractivity contribution is 5.67. The summed E-state index contributed by atoms with van der Waals surface area (Å²) in [7, 11) is 1.38. The highest BCUT2D eigenvalue weighted by Gasteiger charge is 2.38. The predicted octanol–water partition coefficient (Wildman–Crippen LogP) is 1.21. The van der Waals surface area contributed by atoms with Gasteiger partial charge in [0.05, 0.1) is 13.2 Å². The molecule has 0 bridgehead atoms. The van der Waals surface area contributed by atoms with E-state index >= 15 is 0 Å². The number of amides is 1. The zero-order valence-electron chi connectivity index (χ0n) is 12.1. The van der Waals surface area contributed by atoms with E-state index in [-0.39, 0.29) is 24.2 Å². The molecular formula is C14H26N2O3. The molecule has 2 aliphatic rings. The highest BCUT2D eigenvalue weighted by atomic mass is 16.5. The molecule has 4 unspecified atom stereocenters. The average molecular weight is 270 g/mol. The molecular weight excluding hydrogens is 244 g/mol. The SMILES string of the molecule is COC(=O)NC1CC(C(C)O)CN(C(C)C2CC2)C1. The number of carbonyl (C=O) groups is 1. The fourth-order valence-electron chi connectivity index (χ4n) is 3.06. The minimum absolute atomic E-state index is 0.0713. The van der Waals surface area contributed by atoms with Gasteiger partial charge in [-0.05, 0) is 44.9 Å². The number of nitrogens with one attached hydrogen (secondary N) is 1. The van der Waals surface area contributed by atoms with Crippen molar-refractivity contribution in [3.63, 3.8) is 0 Å². The summed E-state index contributed by atoms with van der Waals surface area (Å²) in [6.45, 7) is 5.88. The molecule has 110 valence electrons. The van der Waals surface area contributed by atoms with Gasteiger partial charge in [-0.25, -0.2) is 4.79 Å². The fourth-order valence-corrected chi connectivity index (χ4v) is 3.06. The normalized spacial score (nSPS) is 31.6. The first-order valence-corrected chi connectivity index (χ1v) is 7.27. The lowest BCUT2D eigenvalue weighted by Crippen LogP contribution is -2.55. The lowest BCUT2D eigenvalue weighted by atomic mass is 9.89. The molecule has 1 heterocycles. The number of hydrogen-bond acceptors (Lipinski definition) is 4. The molecule has 5 nitrogen and oxygen atoms in total. The summed E-state index contributed by atoms with van der Waals surface area (Å²) in [5, 5.41) is 12.8. The van der Waals surface area contributed by atoms with Crippen molar-refractivity contribution in [1.82, 2.24) is 10.2 Å². The third-order valence-corrected chi connectivity index (χ3v) is 4.58. The molecule has 2 fully saturated rings. The molecule has 1 saturated carbocycles. The van der Waals surface area contributed by atoms with E-state index in [0.717, 1.165) is 25.4 Å². The Morgan fingerprint density at radius 1 is 1.32 bits per heavy atom. The molecule has 0 spiro atoms. The van der Waals surface area contributed by atoms with E-state index < -0.39 is 0 Å². The van der Waals surface area contributed by atoms with Crippen LogP contribution < -0.4 is 5.32 Å². The zero-order valence-corrected chi connectivity index (χ0v) is 12.1. The van der Waals surface area contributed by atoms with Crippen LogP contribution in [0.2, 0.25) is 0 Å². The van der Waals surface area contributed by atoms with Crippen LogP contribution in [-0.4, -0.2) is 54.5 Å². The molecule has 2 rings (SSSR count). The molecule has 4 atom stereocenters. The number of aliphatic hydroxyl groups is 1. The third-order valence-electron chi connectivity index (χ3n) is 4.58. The quantitative estimate of drug-likeness (QED) is 0.806. The van der Waals surface area contributed by atoms with Crippen LogP contribution >= 0.6 is 0 Å². The Balaban J connectivity index is 1.97. The van der Waals surface area contributed by atoms with E-state index in [9.17, 15) is 9.90 Å². The molecule has 1 saturated heterocycles. The first-order chi connectivity index (χ1) is 9.01. The number of methoxy groups -OCH3 is 1. The predicted molar refractivity (Wildman–Crippen MR) is 72.9 cm³/mol. The number of alkyl carbamates (subject to hydrolysis) is 1. The first kappa shape index (κ1) is 14.6. The molecule has 0 aromatic heterocycles. The van der Waals surface area contributed by atoms with E-state index in [1.807, 2.05) is 6.92 Å². The Morgan fingerprint density at radius 3 is 2.53 bits per heavy atom. The topological polar surface area (TPSA) is 61.8 Å². The van der Waals surface area contributed by atoms with Crippen molar-refractivity contribution in [2.24, 2.45) is 11.8 Å². The first-order valence-electron chi connectivity index (χ1n) is 7.27. The second kappa shape index (κ2) is 6.09. The van der Waals surface area contributed by atoms with Crippen molar-refractivity contribution in [2.45, 2.75) is 51.3 Å². The maximum Gasteiger partial charge on any atom is 0.407 e. The summed E-state index contributed by atoms with van der Waals surface area (Å²) in [6, 6.07) is 0.616. The number of carbonyl (C=O) groups excluding carboxylic acids is 1. The van der Waals surface area contributed by atoms with Crippen molar-refractivity contribution in [3.05, 3.63) is 0 Å². The fraction of sp³-hybridized carbons (Fsp3) is 0.929. The van der Waals surface area contributed by atoms with Gasteiger partial charge >= 0.3 is 6.09 Å². The second-order valence-electron chi connectivity index (χ2n) is 6.10. The number of aliphatic hydroxyl groups excluding tert-OH is 1. The molecule has 1 aliphatic heterocycles. The van der Waals surface area contributed by atoms with Crippen molar-refractivity contribution in [3.8, 4) is 0 Å². The van der Waals surface area contributed by atoms with Crippen LogP contribution in [0.4, 0.5) is 4.79 Å². The Labute approximate surface area is 115 Å². The van der Waals surface area contributed by atoms with Crippen molar-refractivity contribution in [2.75, 3.05) is 20.2 Å².